The first-order valence-electron chi connectivity index (χ1n) is 7.61. The van der Waals surface area contributed by atoms with Gasteiger partial charge in [0, 0.05) is 11.4 Å². The van der Waals surface area contributed by atoms with Crippen LogP contribution in [-0.2, 0) is 22.0 Å². The van der Waals surface area contributed by atoms with E-state index in [0.717, 1.165) is 5.56 Å². The summed E-state index contributed by atoms with van der Waals surface area (Å²) in [6.07, 6.45) is 0.583. The largest absolute Gasteiger partial charge is 0.406 e. The van der Waals surface area contributed by atoms with Crippen molar-refractivity contribution in [2.75, 3.05) is 0 Å². The summed E-state index contributed by atoms with van der Waals surface area (Å²) >= 11 is 5.81. The first-order chi connectivity index (χ1) is 11.9. The maximum absolute atomic E-state index is 12.4. The van der Waals surface area contributed by atoms with Gasteiger partial charge >= 0.3 is 5.22 Å². The molecule has 3 N–H and O–H groups in total. The van der Waals surface area contributed by atoms with Crippen LogP contribution in [0.25, 0.3) is 0 Å². The van der Waals surface area contributed by atoms with Crippen LogP contribution in [0.15, 0.2) is 64.2 Å². The van der Waals surface area contributed by atoms with Gasteiger partial charge in [0.05, 0.1) is 5.75 Å². The summed E-state index contributed by atoms with van der Waals surface area (Å²) in [7, 11) is -3.72. The highest BCUT2D eigenvalue weighted by Gasteiger charge is 2.26. The molecule has 0 amide bonds. The second-order valence-corrected chi connectivity index (χ2v) is 7.98. The second kappa shape index (κ2) is 7.35. The maximum atomic E-state index is 12.4. The number of aromatic nitrogens is 2. The number of hydrogen-bond acceptors (Lipinski definition) is 5. The van der Waals surface area contributed by atoms with Crippen LogP contribution in [-0.4, -0.2) is 18.6 Å². The Balaban J connectivity index is 1.74. The third kappa shape index (κ3) is 4.45. The van der Waals surface area contributed by atoms with Gasteiger partial charge in [0.15, 0.2) is 6.04 Å². The van der Waals surface area contributed by atoms with Crippen molar-refractivity contribution in [3.8, 4) is 0 Å². The number of benzene rings is 2. The number of nitrogens with zero attached hydrogens (tertiary/aromatic N) is 2. The molecule has 1 heterocycles. The fourth-order valence-corrected chi connectivity index (χ4v) is 3.62. The van der Waals surface area contributed by atoms with Crippen LogP contribution in [0.2, 0.25) is 5.02 Å². The normalized spacial score (nSPS) is 12.9. The van der Waals surface area contributed by atoms with E-state index in [1.807, 2.05) is 30.3 Å². The molecule has 0 spiro atoms. The average Bonchev–Trinajstić information content (AvgIpc) is 3.09. The molecule has 0 unspecified atom stereocenters. The molecule has 8 heteroatoms. The number of rotatable bonds is 6. The molecule has 3 aromatic rings. The van der Waals surface area contributed by atoms with Crippen molar-refractivity contribution < 1.29 is 18.6 Å². The SMILES string of the molecule is [NH3+][C@@H](Cc1ccccc1)c1nnc(S(=O)(=O)Cc2ccc(Cl)cc2)o1. The van der Waals surface area contributed by atoms with Gasteiger partial charge in [-0.2, -0.15) is 0 Å². The summed E-state index contributed by atoms with van der Waals surface area (Å²) in [5.41, 5.74) is 5.65. The zero-order valence-corrected chi connectivity index (χ0v) is 14.9. The van der Waals surface area contributed by atoms with E-state index in [4.69, 9.17) is 16.0 Å². The van der Waals surface area contributed by atoms with E-state index in [2.05, 4.69) is 15.9 Å². The third-order valence-corrected chi connectivity index (χ3v) is 5.29. The molecule has 25 heavy (non-hydrogen) atoms. The van der Waals surface area contributed by atoms with Gasteiger partial charge in [0.2, 0.25) is 9.84 Å². The van der Waals surface area contributed by atoms with E-state index in [-0.39, 0.29) is 22.9 Å². The van der Waals surface area contributed by atoms with E-state index in [9.17, 15) is 8.42 Å². The van der Waals surface area contributed by atoms with Gasteiger partial charge in [0.1, 0.15) is 0 Å². The van der Waals surface area contributed by atoms with Crippen LogP contribution in [0.3, 0.4) is 0 Å². The molecule has 0 aliphatic rings. The minimum Gasteiger partial charge on any atom is -0.406 e. The number of quaternary nitrogens is 1. The summed E-state index contributed by atoms with van der Waals surface area (Å²) < 4.78 is 30.2. The van der Waals surface area contributed by atoms with Crippen molar-refractivity contribution in [2.24, 2.45) is 0 Å². The Kier molecular flexibility index (Phi) is 5.17. The van der Waals surface area contributed by atoms with Crippen LogP contribution in [0.4, 0.5) is 0 Å². The number of sulfone groups is 1. The minimum absolute atomic E-state index is 0.207. The summed E-state index contributed by atoms with van der Waals surface area (Å²) in [4.78, 5) is 0. The maximum Gasteiger partial charge on any atom is 0.336 e. The van der Waals surface area contributed by atoms with Crippen LogP contribution in [0, 0.1) is 0 Å². The molecule has 0 saturated carbocycles. The van der Waals surface area contributed by atoms with Crippen LogP contribution in [0.1, 0.15) is 23.1 Å². The van der Waals surface area contributed by atoms with E-state index >= 15 is 0 Å². The van der Waals surface area contributed by atoms with Gasteiger partial charge in [0.25, 0.3) is 5.89 Å². The summed E-state index contributed by atoms with van der Waals surface area (Å²) in [5, 5.41) is 7.70. The molecule has 1 aromatic heterocycles. The number of hydrogen-bond donors (Lipinski definition) is 1. The molecule has 130 valence electrons. The number of halogens is 1. The average molecular weight is 379 g/mol. The Labute approximate surface area is 150 Å². The van der Waals surface area contributed by atoms with E-state index < -0.39 is 9.84 Å². The van der Waals surface area contributed by atoms with Gasteiger partial charge in [-0.25, -0.2) is 8.42 Å². The molecule has 0 bridgehead atoms. The molecule has 0 aliphatic heterocycles. The van der Waals surface area contributed by atoms with Crippen molar-refractivity contribution in [1.29, 1.82) is 0 Å². The molecule has 6 nitrogen and oxygen atoms in total. The van der Waals surface area contributed by atoms with Crippen molar-refractivity contribution in [1.82, 2.24) is 10.2 Å². The van der Waals surface area contributed by atoms with Crippen molar-refractivity contribution in [2.45, 2.75) is 23.4 Å². The van der Waals surface area contributed by atoms with Crippen molar-refractivity contribution in [3.63, 3.8) is 0 Å². The monoisotopic (exact) mass is 378 g/mol. The fourth-order valence-electron chi connectivity index (χ4n) is 2.36. The highest BCUT2D eigenvalue weighted by molar-refractivity contribution is 7.90. The predicted molar refractivity (Wildman–Crippen MR) is 92.4 cm³/mol. The molecule has 0 radical (unpaired) electrons. The molecule has 0 fully saturated rings. The van der Waals surface area contributed by atoms with Gasteiger partial charge in [-0.05, 0) is 23.3 Å². The molecule has 1 atom stereocenters. The molecular formula is C17H17ClN3O3S+. The Bertz CT molecular complexity index is 941. The topological polar surface area (TPSA) is 101 Å². The lowest BCUT2D eigenvalue weighted by molar-refractivity contribution is -0.431. The van der Waals surface area contributed by atoms with Gasteiger partial charge in [-0.3, -0.25) is 0 Å². The molecular weight excluding hydrogens is 362 g/mol. The summed E-state index contributed by atoms with van der Waals surface area (Å²) in [5.74, 6) is -0.0229. The molecule has 2 aromatic carbocycles. The van der Waals surface area contributed by atoms with Gasteiger partial charge < -0.3 is 10.2 Å². The Morgan fingerprint density at radius 3 is 2.36 bits per heavy atom. The first kappa shape index (κ1) is 17.6. The quantitative estimate of drug-likeness (QED) is 0.708. The Morgan fingerprint density at radius 2 is 1.68 bits per heavy atom. The van der Waals surface area contributed by atoms with Gasteiger partial charge in [-0.15, -0.1) is 5.10 Å². The van der Waals surface area contributed by atoms with Crippen LogP contribution in [0.5, 0.6) is 0 Å². The predicted octanol–water partition coefficient (Wildman–Crippen LogP) is 2.22. The fraction of sp³-hybridized carbons (Fsp3) is 0.176. The standard InChI is InChI=1S/C17H16ClN3O3S/c18-14-8-6-13(7-9-14)11-25(22,23)17-21-20-16(24-17)15(19)10-12-4-2-1-3-5-12/h1-9,15H,10-11,19H2/p+1/t15-/m0/s1. The van der Waals surface area contributed by atoms with E-state index in [1.165, 1.54) is 0 Å². The lowest BCUT2D eigenvalue weighted by Crippen LogP contribution is -2.54. The second-order valence-electron chi connectivity index (χ2n) is 5.68. The Hall–Kier alpha value is -2.22. The molecule has 0 aliphatic carbocycles. The third-order valence-electron chi connectivity index (χ3n) is 3.63. The Morgan fingerprint density at radius 1 is 1.00 bits per heavy atom. The van der Waals surface area contributed by atoms with Crippen molar-refractivity contribution >= 4 is 21.4 Å². The zero-order valence-electron chi connectivity index (χ0n) is 13.3. The zero-order chi connectivity index (χ0) is 17.9. The highest BCUT2D eigenvalue weighted by Crippen LogP contribution is 2.20. The summed E-state index contributed by atoms with van der Waals surface area (Å²) in [6, 6.07) is 16.0. The van der Waals surface area contributed by atoms with Crippen LogP contribution < -0.4 is 5.73 Å². The first-order valence-corrected chi connectivity index (χ1v) is 9.65. The molecule has 3 rings (SSSR count). The summed E-state index contributed by atoms with van der Waals surface area (Å²) in [6.45, 7) is 0. The lowest BCUT2D eigenvalue weighted by atomic mass is 10.1. The van der Waals surface area contributed by atoms with E-state index in [1.54, 1.807) is 24.3 Å². The highest BCUT2D eigenvalue weighted by atomic mass is 35.5. The van der Waals surface area contributed by atoms with Gasteiger partial charge in [-0.1, -0.05) is 59.2 Å². The smallest absolute Gasteiger partial charge is 0.336 e. The van der Waals surface area contributed by atoms with Crippen LogP contribution >= 0.6 is 11.6 Å². The van der Waals surface area contributed by atoms with E-state index in [0.29, 0.717) is 17.0 Å². The molecule has 0 saturated heterocycles. The minimum atomic E-state index is -3.72. The van der Waals surface area contributed by atoms with Crippen molar-refractivity contribution in [3.05, 3.63) is 76.6 Å². The lowest BCUT2D eigenvalue weighted by Gasteiger charge is -2.04.